The molecule has 0 unspecified atom stereocenters. The molecule has 0 atom stereocenters. The van der Waals surface area contributed by atoms with Crippen molar-refractivity contribution in [1.82, 2.24) is 0 Å². The highest BCUT2D eigenvalue weighted by molar-refractivity contribution is 4.97. The molecular formula is C14H28O. The van der Waals surface area contributed by atoms with Gasteiger partial charge in [0, 0.05) is 6.61 Å². The molecule has 0 heterocycles. The van der Waals surface area contributed by atoms with E-state index in [1.54, 1.807) is 5.57 Å². The molecule has 0 aromatic rings. The van der Waals surface area contributed by atoms with Gasteiger partial charge in [0.2, 0.25) is 0 Å². The number of unbranched alkanes of at least 4 members (excludes halogenated alkanes) is 6. The number of allylic oxidation sites excluding steroid dienone is 2. The summed E-state index contributed by atoms with van der Waals surface area (Å²) in [4.78, 5) is 0. The van der Waals surface area contributed by atoms with Crippen molar-refractivity contribution in [2.45, 2.75) is 71.6 Å². The Morgan fingerprint density at radius 2 is 1.73 bits per heavy atom. The van der Waals surface area contributed by atoms with Gasteiger partial charge in [0.15, 0.2) is 0 Å². The monoisotopic (exact) mass is 212 g/mol. The second kappa shape index (κ2) is 11.8. The van der Waals surface area contributed by atoms with Gasteiger partial charge in [-0.1, -0.05) is 44.3 Å². The van der Waals surface area contributed by atoms with Gasteiger partial charge in [0.05, 0.1) is 0 Å². The summed E-state index contributed by atoms with van der Waals surface area (Å²) < 4.78 is 0. The van der Waals surface area contributed by atoms with E-state index >= 15 is 0 Å². The van der Waals surface area contributed by atoms with E-state index in [1.807, 2.05) is 0 Å². The first-order chi connectivity index (χ1) is 7.31. The van der Waals surface area contributed by atoms with E-state index in [0.29, 0.717) is 6.61 Å². The molecule has 0 amide bonds. The highest BCUT2D eigenvalue weighted by atomic mass is 16.2. The number of hydrogen-bond acceptors (Lipinski definition) is 1. The summed E-state index contributed by atoms with van der Waals surface area (Å²) in [6.07, 6.45) is 13.6. The van der Waals surface area contributed by atoms with Crippen LogP contribution in [0.15, 0.2) is 11.6 Å². The molecule has 0 radical (unpaired) electrons. The van der Waals surface area contributed by atoms with E-state index in [-0.39, 0.29) is 0 Å². The number of rotatable bonds is 10. The maximum Gasteiger partial charge on any atom is 0.0431 e. The standard InChI is InChI=1S/C14H28O/c1-3-4-5-8-11-14(2)12-9-6-7-10-13-15/h12,15H,3-11,13H2,1-2H3/b14-12+. The molecule has 0 aliphatic carbocycles. The van der Waals surface area contributed by atoms with Gasteiger partial charge in [-0.3, -0.25) is 0 Å². The minimum Gasteiger partial charge on any atom is -0.396 e. The normalized spacial score (nSPS) is 12.1. The maximum atomic E-state index is 8.63. The molecule has 90 valence electrons. The number of aliphatic hydroxyl groups excluding tert-OH is 1. The van der Waals surface area contributed by atoms with Gasteiger partial charge in [-0.25, -0.2) is 0 Å². The van der Waals surface area contributed by atoms with Crippen LogP contribution in [0.5, 0.6) is 0 Å². The molecule has 0 spiro atoms. The summed E-state index contributed by atoms with van der Waals surface area (Å²) in [6, 6.07) is 0. The summed E-state index contributed by atoms with van der Waals surface area (Å²) in [5, 5.41) is 8.63. The topological polar surface area (TPSA) is 20.2 Å². The van der Waals surface area contributed by atoms with Crippen LogP contribution >= 0.6 is 0 Å². The van der Waals surface area contributed by atoms with Gasteiger partial charge < -0.3 is 5.11 Å². The predicted molar refractivity (Wildman–Crippen MR) is 68.1 cm³/mol. The Kier molecular flexibility index (Phi) is 11.5. The predicted octanol–water partition coefficient (Wildman–Crippen LogP) is 4.46. The van der Waals surface area contributed by atoms with E-state index in [0.717, 1.165) is 12.8 Å². The minimum absolute atomic E-state index is 0.347. The average molecular weight is 212 g/mol. The summed E-state index contributed by atoms with van der Waals surface area (Å²) in [5.41, 5.74) is 1.55. The van der Waals surface area contributed by atoms with Crippen LogP contribution in [0, 0.1) is 0 Å². The maximum absolute atomic E-state index is 8.63. The Labute approximate surface area is 95.6 Å². The molecule has 1 nitrogen and oxygen atoms in total. The number of aliphatic hydroxyl groups is 1. The van der Waals surface area contributed by atoms with Crippen LogP contribution in [-0.4, -0.2) is 11.7 Å². The molecule has 0 rings (SSSR count). The van der Waals surface area contributed by atoms with E-state index in [9.17, 15) is 0 Å². The van der Waals surface area contributed by atoms with Crippen molar-refractivity contribution >= 4 is 0 Å². The molecule has 0 saturated carbocycles. The Bertz CT molecular complexity index is 149. The van der Waals surface area contributed by atoms with E-state index in [1.165, 1.54) is 44.9 Å². The fourth-order valence-electron chi connectivity index (χ4n) is 1.71. The third-order valence-corrected chi connectivity index (χ3v) is 2.78. The van der Waals surface area contributed by atoms with E-state index in [4.69, 9.17) is 5.11 Å². The highest BCUT2D eigenvalue weighted by Crippen LogP contribution is 2.11. The lowest BCUT2D eigenvalue weighted by Crippen LogP contribution is -1.83. The SMILES string of the molecule is CCCCCC/C(C)=C/CCCCCO. The molecule has 0 saturated heterocycles. The van der Waals surface area contributed by atoms with Gasteiger partial charge in [0.25, 0.3) is 0 Å². The molecule has 0 aromatic heterocycles. The van der Waals surface area contributed by atoms with Gasteiger partial charge in [0.1, 0.15) is 0 Å². The summed E-state index contributed by atoms with van der Waals surface area (Å²) in [5.74, 6) is 0. The summed E-state index contributed by atoms with van der Waals surface area (Å²) in [7, 11) is 0. The van der Waals surface area contributed by atoms with Gasteiger partial charge in [-0.05, 0) is 39.0 Å². The zero-order chi connectivity index (χ0) is 11.4. The van der Waals surface area contributed by atoms with Crippen molar-refractivity contribution in [2.24, 2.45) is 0 Å². The van der Waals surface area contributed by atoms with Crippen LogP contribution in [0.4, 0.5) is 0 Å². The summed E-state index contributed by atoms with van der Waals surface area (Å²) in [6.45, 7) is 4.85. The first kappa shape index (κ1) is 14.7. The third kappa shape index (κ3) is 11.6. The van der Waals surface area contributed by atoms with Crippen LogP contribution < -0.4 is 0 Å². The fraction of sp³-hybridized carbons (Fsp3) is 0.857. The third-order valence-electron chi connectivity index (χ3n) is 2.78. The molecule has 1 N–H and O–H groups in total. The van der Waals surface area contributed by atoms with Crippen LogP contribution in [0.3, 0.4) is 0 Å². The van der Waals surface area contributed by atoms with Crippen LogP contribution in [0.25, 0.3) is 0 Å². The lowest BCUT2D eigenvalue weighted by molar-refractivity contribution is 0.283. The zero-order valence-electron chi connectivity index (χ0n) is 10.6. The second-order valence-electron chi connectivity index (χ2n) is 4.43. The Morgan fingerprint density at radius 1 is 1.00 bits per heavy atom. The van der Waals surface area contributed by atoms with E-state index < -0.39 is 0 Å². The lowest BCUT2D eigenvalue weighted by Gasteiger charge is -2.01. The quantitative estimate of drug-likeness (QED) is 0.419. The summed E-state index contributed by atoms with van der Waals surface area (Å²) >= 11 is 0. The molecule has 0 fully saturated rings. The molecule has 0 aliphatic rings. The van der Waals surface area contributed by atoms with Crippen molar-refractivity contribution in [1.29, 1.82) is 0 Å². The molecule has 0 aliphatic heterocycles. The molecule has 1 heteroatoms. The lowest BCUT2D eigenvalue weighted by atomic mass is 10.1. The minimum atomic E-state index is 0.347. The second-order valence-corrected chi connectivity index (χ2v) is 4.43. The number of hydrogen-bond donors (Lipinski definition) is 1. The first-order valence-corrected chi connectivity index (χ1v) is 6.57. The Hall–Kier alpha value is -0.300. The smallest absolute Gasteiger partial charge is 0.0431 e. The van der Waals surface area contributed by atoms with Crippen molar-refractivity contribution in [3.05, 3.63) is 11.6 Å². The van der Waals surface area contributed by atoms with Crippen molar-refractivity contribution in [3.8, 4) is 0 Å². The van der Waals surface area contributed by atoms with E-state index in [2.05, 4.69) is 19.9 Å². The first-order valence-electron chi connectivity index (χ1n) is 6.57. The van der Waals surface area contributed by atoms with Crippen LogP contribution in [0.2, 0.25) is 0 Å². The highest BCUT2D eigenvalue weighted by Gasteiger charge is 1.91. The zero-order valence-corrected chi connectivity index (χ0v) is 10.6. The average Bonchev–Trinajstić information content (AvgIpc) is 2.24. The molecule has 15 heavy (non-hydrogen) atoms. The van der Waals surface area contributed by atoms with Gasteiger partial charge in [-0.2, -0.15) is 0 Å². The van der Waals surface area contributed by atoms with Crippen LogP contribution in [0.1, 0.15) is 71.6 Å². The fourth-order valence-corrected chi connectivity index (χ4v) is 1.71. The van der Waals surface area contributed by atoms with Crippen molar-refractivity contribution < 1.29 is 5.11 Å². The Morgan fingerprint density at radius 3 is 2.40 bits per heavy atom. The van der Waals surface area contributed by atoms with Gasteiger partial charge in [-0.15, -0.1) is 0 Å². The molecule has 0 bridgehead atoms. The van der Waals surface area contributed by atoms with Gasteiger partial charge >= 0.3 is 0 Å². The van der Waals surface area contributed by atoms with Crippen molar-refractivity contribution in [2.75, 3.05) is 6.61 Å². The largest absolute Gasteiger partial charge is 0.396 e. The van der Waals surface area contributed by atoms with Crippen LogP contribution in [-0.2, 0) is 0 Å². The Balaban J connectivity index is 3.27. The van der Waals surface area contributed by atoms with Crippen molar-refractivity contribution in [3.63, 3.8) is 0 Å². The molecule has 0 aromatic carbocycles. The molecular weight excluding hydrogens is 184 g/mol.